The molecule has 0 bridgehead atoms. The largest absolute Gasteiger partial charge is 0.372 e. The molecule has 0 aliphatic heterocycles. The molecule has 2 aromatic rings. The molecule has 0 spiro atoms. The summed E-state index contributed by atoms with van der Waals surface area (Å²) in [5.74, 6) is -0.256. The molecule has 0 saturated carbocycles. The molecule has 9 heteroatoms. The van der Waals surface area contributed by atoms with Crippen LogP contribution < -0.4 is 10.6 Å². The highest BCUT2D eigenvalue weighted by atomic mass is 16.6. The lowest BCUT2D eigenvalue weighted by molar-refractivity contribution is -0.385. The van der Waals surface area contributed by atoms with Crippen LogP contribution in [-0.4, -0.2) is 33.1 Å². The third-order valence-electron chi connectivity index (χ3n) is 2.32. The van der Waals surface area contributed by atoms with Gasteiger partial charge in [0.15, 0.2) is 0 Å². The first kappa shape index (κ1) is 12.5. The second-order valence-electron chi connectivity index (χ2n) is 3.54. The third kappa shape index (κ3) is 2.65. The van der Waals surface area contributed by atoms with Crippen LogP contribution in [0.5, 0.6) is 0 Å². The number of aromatic nitrogens is 3. The van der Waals surface area contributed by atoms with Gasteiger partial charge >= 0.3 is 0 Å². The van der Waals surface area contributed by atoms with Gasteiger partial charge in [0, 0.05) is 19.3 Å². The zero-order chi connectivity index (χ0) is 13.8. The minimum atomic E-state index is -0.610. The summed E-state index contributed by atoms with van der Waals surface area (Å²) < 4.78 is 0. The van der Waals surface area contributed by atoms with Gasteiger partial charge in [0.25, 0.3) is 11.6 Å². The van der Waals surface area contributed by atoms with Crippen molar-refractivity contribution in [3.05, 3.63) is 40.3 Å². The first-order valence-electron chi connectivity index (χ1n) is 5.24. The highest BCUT2D eigenvalue weighted by molar-refractivity contribution is 6.07. The van der Waals surface area contributed by atoms with Crippen molar-refractivity contribution in [1.29, 1.82) is 0 Å². The zero-order valence-electron chi connectivity index (χ0n) is 9.88. The molecular weight excluding hydrogens is 252 g/mol. The molecule has 1 amide bonds. The van der Waals surface area contributed by atoms with Crippen molar-refractivity contribution >= 4 is 23.1 Å². The highest BCUT2D eigenvalue weighted by Crippen LogP contribution is 2.19. The number of hydrogen-bond donors (Lipinski definition) is 3. The number of nitrogens with zero attached hydrogens (tertiary/aromatic N) is 3. The number of pyridine rings is 1. The van der Waals surface area contributed by atoms with Crippen molar-refractivity contribution in [2.75, 3.05) is 17.7 Å². The van der Waals surface area contributed by atoms with E-state index >= 15 is 0 Å². The molecule has 19 heavy (non-hydrogen) atoms. The van der Waals surface area contributed by atoms with Crippen LogP contribution in [0.3, 0.4) is 0 Å². The summed E-state index contributed by atoms with van der Waals surface area (Å²) in [4.78, 5) is 25.9. The predicted molar refractivity (Wildman–Crippen MR) is 67.0 cm³/mol. The number of carbonyl (C=O) groups excluding carboxylic acids is 1. The normalized spacial score (nSPS) is 9.95. The van der Waals surface area contributed by atoms with Gasteiger partial charge in [-0.2, -0.15) is 5.10 Å². The Morgan fingerprint density at radius 3 is 2.84 bits per heavy atom. The summed E-state index contributed by atoms with van der Waals surface area (Å²) in [6.07, 6.45) is 3.99. The molecule has 0 unspecified atom stereocenters. The summed E-state index contributed by atoms with van der Waals surface area (Å²) in [6, 6.07) is 1.16. The lowest BCUT2D eigenvalue weighted by Crippen LogP contribution is -2.15. The van der Waals surface area contributed by atoms with Crippen LogP contribution in [0, 0.1) is 10.1 Å². The number of aromatic amines is 1. The van der Waals surface area contributed by atoms with Crippen LogP contribution in [0.1, 0.15) is 10.4 Å². The van der Waals surface area contributed by atoms with Gasteiger partial charge in [-0.05, 0) is 0 Å². The first-order chi connectivity index (χ1) is 9.11. The van der Waals surface area contributed by atoms with E-state index in [1.165, 1.54) is 12.4 Å². The third-order valence-corrected chi connectivity index (χ3v) is 2.32. The van der Waals surface area contributed by atoms with E-state index in [0.717, 1.165) is 12.3 Å². The average Bonchev–Trinajstić information content (AvgIpc) is 2.90. The van der Waals surface area contributed by atoms with Crippen LogP contribution in [0.2, 0.25) is 0 Å². The molecular formula is C10H10N6O3. The molecule has 0 fully saturated rings. The van der Waals surface area contributed by atoms with E-state index in [1.54, 1.807) is 7.05 Å². The van der Waals surface area contributed by atoms with Crippen molar-refractivity contribution in [2.45, 2.75) is 0 Å². The van der Waals surface area contributed by atoms with Crippen LogP contribution in [0.15, 0.2) is 24.7 Å². The van der Waals surface area contributed by atoms with E-state index < -0.39 is 10.8 Å². The van der Waals surface area contributed by atoms with E-state index in [0.29, 0.717) is 5.69 Å². The van der Waals surface area contributed by atoms with Gasteiger partial charge in [-0.15, -0.1) is 0 Å². The molecule has 2 aromatic heterocycles. The van der Waals surface area contributed by atoms with Crippen LogP contribution in [-0.2, 0) is 0 Å². The van der Waals surface area contributed by atoms with Gasteiger partial charge in [0.05, 0.1) is 22.4 Å². The van der Waals surface area contributed by atoms with E-state index in [4.69, 9.17) is 0 Å². The maximum atomic E-state index is 12.0. The second kappa shape index (κ2) is 5.12. The number of nitro groups is 1. The quantitative estimate of drug-likeness (QED) is 0.557. The molecule has 0 radical (unpaired) electrons. The SMILES string of the molecule is CNc1ncc([N+](=O)[O-])cc1C(=O)Nc1cn[nH]c1. The molecule has 9 nitrogen and oxygen atoms in total. The average molecular weight is 262 g/mol. The predicted octanol–water partition coefficient (Wildman–Crippen LogP) is 1.01. The van der Waals surface area contributed by atoms with Gasteiger partial charge in [0.2, 0.25) is 0 Å². The standard InChI is InChI=1S/C10H10N6O3/c1-11-9-8(2-7(5-12-9)16(18)19)10(17)15-6-3-13-14-4-6/h2-5H,1H3,(H,11,12)(H,13,14)(H,15,17). The molecule has 0 aliphatic rings. The minimum Gasteiger partial charge on any atom is -0.372 e. The summed E-state index contributed by atoms with van der Waals surface area (Å²) in [5, 5.41) is 22.2. The molecule has 98 valence electrons. The number of rotatable bonds is 4. The highest BCUT2D eigenvalue weighted by Gasteiger charge is 2.17. The summed E-state index contributed by atoms with van der Waals surface area (Å²) in [6.45, 7) is 0. The van der Waals surface area contributed by atoms with Crippen molar-refractivity contribution in [3.8, 4) is 0 Å². The molecule has 0 aromatic carbocycles. The Kier molecular flexibility index (Phi) is 3.37. The fourth-order valence-corrected chi connectivity index (χ4v) is 1.44. The Bertz CT molecular complexity index is 610. The van der Waals surface area contributed by atoms with Gasteiger partial charge in [-0.1, -0.05) is 0 Å². The molecule has 0 aliphatic carbocycles. The van der Waals surface area contributed by atoms with Crippen molar-refractivity contribution in [1.82, 2.24) is 15.2 Å². The lowest BCUT2D eigenvalue weighted by atomic mass is 10.2. The Balaban J connectivity index is 2.33. The van der Waals surface area contributed by atoms with Crippen LogP contribution >= 0.6 is 0 Å². The van der Waals surface area contributed by atoms with Crippen LogP contribution in [0.4, 0.5) is 17.2 Å². The Labute approximate surface area is 107 Å². The number of carbonyl (C=O) groups is 1. The van der Waals surface area contributed by atoms with E-state index in [1.807, 2.05) is 0 Å². The smallest absolute Gasteiger partial charge is 0.288 e. The molecule has 0 atom stereocenters. The van der Waals surface area contributed by atoms with Crippen LogP contribution in [0.25, 0.3) is 0 Å². The van der Waals surface area contributed by atoms with E-state index in [-0.39, 0.29) is 17.1 Å². The van der Waals surface area contributed by atoms with Crippen molar-refractivity contribution in [3.63, 3.8) is 0 Å². The second-order valence-corrected chi connectivity index (χ2v) is 3.54. The minimum absolute atomic E-state index is 0.0814. The van der Waals surface area contributed by atoms with Gasteiger partial charge in [0.1, 0.15) is 12.0 Å². The first-order valence-corrected chi connectivity index (χ1v) is 5.24. The lowest BCUT2D eigenvalue weighted by Gasteiger charge is -2.07. The molecule has 2 heterocycles. The Hall–Kier alpha value is -2.97. The zero-order valence-corrected chi connectivity index (χ0v) is 9.88. The molecule has 0 saturated heterocycles. The number of H-pyrrole nitrogens is 1. The fourth-order valence-electron chi connectivity index (χ4n) is 1.44. The summed E-state index contributed by atoms with van der Waals surface area (Å²) >= 11 is 0. The Morgan fingerprint density at radius 1 is 1.47 bits per heavy atom. The van der Waals surface area contributed by atoms with Crippen molar-refractivity contribution in [2.24, 2.45) is 0 Å². The Morgan fingerprint density at radius 2 is 2.26 bits per heavy atom. The number of anilines is 2. The monoisotopic (exact) mass is 262 g/mol. The van der Waals surface area contributed by atoms with Gasteiger partial charge in [-0.25, -0.2) is 4.98 Å². The fraction of sp³-hybridized carbons (Fsp3) is 0.100. The number of hydrogen-bond acceptors (Lipinski definition) is 6. The number of amides is 1. The van der Waals surface area contributed by atoms with E-state index in [9.17, 15) is 14.9 Å². The summed E-state index contributed by atoms with van der Waals surface area (Å²) in [7, 11) is 1.57. The molecule has 2 rings (SSSR count). The molecule has 3 N–H and O–H groups in total. The topological polar surface area (TPSA) is 126 Å². The van der Waals surface area contributed by atoms with E-state index in [2.05, 4.69) is 25.8 Å². The number of nitrogens with one attached hydrogen (secondary N) is 3. The maximum Gasteiger partial charge on any atom is 0.288 e. The maximum absolute atomic E-state index is 12.0. The van der Waals surface area contributed by atoms with Gasteiger partial charge < -0.3 is 10.6 Å². The summed E-state index contributed by atoms with van der Waals surface area (Å²) in [5.41, 5.74) is 0.285. The van der Waals surface area contributed by atoms with Crippen molar-refractivity contribution < 1.29 is 9.72 Å². The van der Waals surface area contributed by atoms with Gasteiger partial charge in [-0.3, -0.25) is 20.0 Å².